The van der Waals surface area contributed by atoms with Crippen LogP contribution in [0.25, 0.3) is 0 Å². The summed E-state index contributed by atoms with van der Waals surface area (Å²) in [5.41, 5.74) is 0.566. The van der Waals surface area contributed by atoms with Crippen molar-refractivity contribution >= 4 is 22.5 Å². The Hall–Kier alpha value is -1.43. The molecule has 1 amide bonds. The first-order valence-electron chi connectivity index (χ1n) is 6.55. The minimum Gasteiger partial charge on any atom is -0.370 e. The third-order valence-electron chi connectivity index (χ3n) is 3.12. The van der Waals surface area contributed by atoms with Gasteiger partial charge in [0.05, 0.1) is 5.56 Å². The molecule has 5 nitrogen and oxygen atoms in total. The number of nitrogens with zero attached hydrogens (tertiary/aromatic N) is 1. The fraction of sp³-hybridized carbons (Fsp3) is 0.538. The van der Waals surface area contributed by atoms with Gasteiger partial charge >= 0.3 is 0 Å². The molecule has 104 valence electrons. The smallest absolute Gasteiger partial charge is 0.255 e. The third kappa shape index (κ3) is 3.76. The highest BCUT2D eigenvalue weighted by Gasteiger charge is 2.21. The van der Waals surface area contributed by atoms with Gasteiger partial charge in [0.15, 0.2) is 0 Å². The first kappa shape index (κ1) is 14.0. The first-order chi connectivity index (χ1) is 9.20. The lowest BCUT2D eigenvalue weighted by Gasteiger charge is -2.23. The van der Waals surface area contributed by atoms with Crippen LogP contribution in [0.15, 0.2) is 18.3 Å². The number of aromatic nitrogens is 1. The van der Waals surface area contributed by atoms with Crippen LogP contribution in [0.1, 0.15) is 30.1 Å². The maximum absolute atomic E-state index is 12.2. The lowest BCUT2D eigenvalue weighted by Crippen LogP contribution is -2.39. The van der Waals surface area contributed by atoms with Crippen LogP contribution < -0.4 is 10.6 Å². The number of anilines is 1. The number of carbonyl (C=O) groups excluding carboxylic acids is 1. The molecule has 0 radical (unpaired) electrons. The molecule has 0 unspecified atom stereocenters. The topological polar surface area (TPSA) is 71.1 Å². The minimum absolute atomic E-state index is 0.110. The van der Waals surface area contributed by atoms with Gasteiger partial charge in [0.2, 0.25) is 0 Å². The van der Waals surface area contributed by atoms with E-state index in [0.717, 1.165) is 19.4 Å². The Balaban J connectivity index is 2.01. The molecule has 6 heteroatoms. The predicted molar refractivity (Wildman–Crippen MR) is 76.8 cm³/mol. The molecule has 2 rings (SSSR count). The Morgan fingerprint density at radius 2 is 2.21 bits per heavy atom. The number of amides is 1. The molecule has 1 aliphatic heterocycles. The first-order valence-corrected chi connectivity index (χ1v) is 8.04. The van der Waals surface area contributed by atoms with Gasteiger partial charge in [0.25, 0.3) is 5.91 Å². The van der Waals surface area contributed by atoms with Crippen molar-refractivity contribution in [1.82, 2.24) is 10.3 Å². The van der Waals surface area contributed by atoms with Gasteiger partial charge in [-0.3, -0.25) is 9.00 Å². The summed E-state index contributed by atoms with van der Waals surface area (Å²) < 4.78 is 11.3. The van der Waals surface area contributed by atoms with Crippen molar-refractivity contribution in [2.45, 2.75) is 25.8 Å². The zero-order valence-electron chi connectivity index (χ0n) is 11.0. The molecule has 0 saturated carbocycles. The van der Waals surface area contributed by atoms with Crippen LogP contribution in [0.4, 0.5) is 5.82 Å². The summed E-state index contributed by atoms with van der Waals surface area (Å²) in [4.78, 5) is 16.4. The Morgan fingerprint density at radius 1 is 1.47 bits per heavy atom. The number of carbonyl (C=O) groups is 1. The summed E-state index contributed by atoms with van der Waals surface area (Å²) in [7, 11) is -0.704. The second-order valence-electron chi connectivity index (χ2n) is 4.53. The van der Waals surface area contributed by atoms with Gasteiger partial charge in [-0.25, -0.2) is 4.98 Å². The molecule has 0 aromatic carbocycles. The summed E-state index contributed by atoms with van der Waals surface area (Å²) in [6, 6.07) is 3.65. The highest BCUT2D eigenvalue weighted by Crippen LogP contribution is 2.14. The normalized spacial score (nSPS) is 22.8. The summed E-state index contributed by atoms with van der Waals surface area (Å²) in [5.74, 6) is 1.86. The fourth-order valence-electron chi connectivity index (χ4n) is 2.10. The largest absolute Gasteiger partial charge is 0.370 e. The Morgan fingerprint density at radius 3 is 2.89 bits per heavy atom. The average Bonchev–Trinajstić information content (AvgIpc) is 2.42. The van der Waals surface area contributed by atoms with Gasteiger partial charge < -0.3 is 10.6 Å². The second-order valence-corrected chi connectivity index (χ2v) is 6.22. The third-order valence-corrected chi connectivity index (χ3v) is 4.50. The highest BCUT2D eigenvalue weighted by molar-refractivity contribution is 7.85. The van der Waals surface area contributed by atoms with Crippen molar-refractivity contribution in [1.29, 1.82) is 0 Å². The van der Waals surface area contributed by atoms with Gasteiger partial charge in [-0.05, 0) is 31.9 Å². The van der Waals surface area contributed by atoms with Crippen LogP contribution in [0, 0.1) is 0 Å². The monoisotopic (exact) mass is 281 g/mol. The van der Waals surface area contributed by atoms with Crippen LogP contribution >= 0.6 is 0 Å². The lowest BCUT2D eigenvalue weighted by atomic mass is 10.1. The maximum Gasteiger partial charge on any atom is 0.255 e. The van der Waals surface area contributed by atoms with Crippen LogP contribution in [-0.4, -0.2) is 39.2 Å². The van der Waals surface area contributed by atoms with Crippen LogP contribution in [0.5, 0.6) is 0 Å². The summed E-state index contributed by atoms with van der Waals surface area (Å²) >= 11 is 0. The van der Waals surface area contributed by atoms with Crippen molar-refractivity contribution in [2.24, 2.45) is 0 Å². The highest BCUT2D eigenvalue weighted by atomic mass is 32.2. The lowest BCUT2D eigenvalue weighted by molar-refractivity contribution is 0.0935. The molecule has 19 heavy (non-hydrogen) atoms. The van der Waals surface area contributed by atoms with Gasteiger partial charge in [-0.2, -0.15) is 0 Å². The Bertz CT molecular complexity index is 469. The zero-order valence-corrected chi connectivity index (χ0v) is 11.8. The van der Waals surface area contributed by atoms with E-state index in [0.29, 0.717) is 22.9 Å². The van der Waals surface area contributed by atoms with E-state index >= 15 is 0 Å². The number of hydrogen-bond acceptors (Lipinski definition) is 4. The van der Waals surface area contributed by atoms with Gasteiger partial charge in [0, 0.05) is 41.1 Å². The second kappa shape index (κ2) is 6.65. The molecule has 1 fully saturated rings. The van der Waals surface area contributed by atoms with Crippen LogP contribution in [-0.2, 0) is 10.8 Å². The minimum atomic E-state index is -0.704. The molecular formula is C13H19N3O2S. The van der Waals surface area contributed by atoms with E-state index in [1.807, 2.05) is 6.92 Å². The van der Waals surface area contributed by atoms with E-state index < -0.39 is 10.8 Å². The molecule has 1 saturated heterocycles. The van der Waals surface area contributed by atoms with Crippen molar-refractivity contribution in [3.05, 3.63) is 23.9 Å². The molecule has 2 N–H and O–H groups in total. The van der Waals surface area contributed by atoms with Gasteiger partial charge in [0.1, 0.15) is 5.82 Å². The van der Waals surface area contributed by atoms with E-state index in [2.05, 4.69) is 15.6 Å². The number of rotatable bonds is 4. The molecular weight excluding hydrogens is 262 g/mol. The summed E-state index contributed by atoms with van der Waals surface area (Å²) in [6.45, 7) is 2.69. The number of pyridine rings is 1. The van der Waals surface area contributed by atoms with Gasteiger partial charge in [-0.1, -0.05) is 0 Å². The van der Waals surface area contributed by atoms with Crippen molar-refractivity contribution in [3.63, 3.8) is 0 Å². The Labute approximate surface area is 115 Å². The van der Waals surface area contributed by atoms with Crippen molar-refractivity contribution in [3.8, 4) is 0 Å². The molecule has 1 aromatic heterocycles. The molecule has 0 aliphatic carbocycles. The van der Waals surface area contributed by atoms with E-state index in [-0.39, 0.29) is 11.9 Å². The van der Waals surface area contributed by atoms with Crippen molar-refractivity contribution < 1.29 is 9.00 Å². The quantitative estimate of drug-likeness (QED) is 0.868. The molecule has 0 bridgehead atoms. The van der Waals surface area contributed by atoms with E-state index in [1.165, 1.54) is 0 Å². The Kier molecular flexibility index (Phi) is 4.90. The maximum atomic E-state index is 12.2. The molecule has 2 heterocycles. The van der Waals surface area contributed by atoms with Crippen molar-refractivity contribution in [2.75, 3.05) is 23.4 Å². The van der Waals surface area contributed by atoms with Crippen LogP contribution in [0.2, 0.25) is 0 Å². The summed E-state index contributed by atoms with van der Waals surface area (Å²) in [6.07, 6.45) is 3.24. The molecule has 0 atom stereocenters. The molecule has 1 aromatic rings. The molecule has 0 spiro atoms. The average molecular weight is 281 g/mol. The summed E-state index contributed by atoms with van der Waals surface area (Å²) in [5, 5.41) is 6.08. The van der Waals surface area contributed by atoms with Gasteiger partial charge in [-0.15, -0.1) is 0 Å². The fourth-order valence-corrected chi connectivity index (χ4v) is 3.40. The van der Waals surface area contributed by atoms with Crippen LogP contribution in [0.3, 0.4) is 0 Å². The standard InChI is InChI=1S/C13H19N3O2S/c1-2-14-12-11(4-3-7-15-12)13(17)16-10-5-8-19(18)9-6-10/h3-4,7,10H,2,5-6,8-9H2,1H3,(H,14,15)(H,16,17). The SMILES string of the molecule is CCNc1ncccc1C(=O)NC1CCS(=O)CC1. The zero-order chi connectivity index (χ0) is 13.7. The molecule has 1 aliphatic rings. The predicted octanol–water partition coefficient (Wildman–Crippen LogP) is 1.15. The van der Waals surface area contributed by atoms with E-state index in [9.17, 15) is 9.00 Å². The van der Waals surface area contributed by atoms with E-state index in [1.54, 1.807) is 18.3 Å². The number of hydrogen-bond donors (Lipinski definition) is 2. The van der Waals surface area contributed by atoms with E-state index in [4.69, 9.17) is 0 Å². The number of nitrogens with one attached hydrogen (secondary N) is 2.